The van der Waals surface area contributed by atoms with Gasteiger partial charge in [-0.1, -0.05) is 70.5 Å². The molecule has 48 heavy (non-hydrogen) atoms. The molecule has 4 bridgehead atoms. The monoisotopic (exact) mass is 678 g/mol. The molecule has 0 heterocycles. The highest BCUT2D eigenvalue weighted by molar-refractivity contribution is 7.80. The zero-order valence-electron chi connectivity index (χ0n) is 30.9. The molecule has 0 spiro atoms. The molecule has 0 saturated heterocycles. The van der Waals surface area contributed by atoms with Crippen LogP contribution in [0.4, 0.5) is 0 Å². The molecule has 0 amide bonds. The predicted molar refractivity (Wildman–Crippen MR) is 210 cm³/mol. The molecule has 5 fully saturated rings. The van der Waals surface area contributed by atoms with Crippen molar-refractivity contribution in [2.75, 3.05) is 7.11 Å². The van der Waals surface area contributed by atoms with Gasteiger partial charge in [0.05, 0.1) is 7.11 Å². The molecule has 5 aliphatic carbocycles. The summed E-state index contributed by atoms with van der Waals surface area (Å²) in [6, 6.07) is 19.8. The van der Waals surface area contributed by atoms with E-state index in [1.54, 1.807) is 62.2 Å². The van der Waals surface area contributed by atoms with Crippen LogP contribution in [0.25, 0.3) is 0 Å². The van der Waals surface area contributed by atoms with Gasteiger partial charge in [-0.15, -0.1) is 0 Å². The minimum atomic E-state index is -0.707. The van der Waals surface area contributed by atoms with Gasteiger partial charge in [0.25, 0.3) is 0 Å². The maximum Gasteiger partial charge on any atom is 0.124 e. The van der Waals surface area contributed by atoms with Gasteiger partial charge in [-0.3, -0.25) is 0 Å². The highest BCUT2D eigenvalue weighted by Crippen LogP contribution is 2.71. The van der Waals surface area contributed by atoms with E-state index >= 15 is 0 Å². The van der Waals surface area contributed by atoms with E-state index in [2.05, 4.69) is 90.1 Å². The Morgan fingerprint density at radius 1 is 0.667 bits per heavy atom. The summed E-state index contributed by atoms with van der Waals surface area (Å²) < 4.78 is 5.87. The summed E-state index contributed by atoms with van der Waals surface area (Å²) >= 11 is 0. The quantitative estimate of drug-likeness (QED) is 0.205. The van der Waals surface area contributed by atoms with Gasteiger partial charge in [0, 0.05) is 0 Å². The van der Waals surface area contributed by atoms with Crippen LogP contribution in [0.15, 0.2) is 48.5 Å². The third kappa shape index (κ3) is 5.84. The van der Waals surface area contributed by atoms with Crippen LogP contribution in [-0.4, -0.2) is 24.1 Å². The minimum Gasteiger partial charge on any atom is -0.496 e. The third-order valence-electron chi connectivity index (χ3n) is 14.5. The zero-order valence-corrected chi connectivity index (χ0v) is 32.7. The lowest BCUT2D eigenvalue weighted by Crippen LogP contribution is -2.34. The van der Waals surface area contributed by atoms with Crippen LogP contribution in [0.2, 0.25) is 0 Å². The maximum absolute atomic E-state index is 5.87. The molecule has 0 aliphatic heterocycles. The van der Waals surface area contributed by atoms with Crippen LogP contribution in [0.3, 0.4) is 0 Å². The van der Waals surface area contributed by atoms with Gasteiger partial charge in [-0.05, 0) is 208 Å². The van der Waals surface area contributed by atoms with E-state index in [4.69, 9.17) is 4.74 Å². The lowest BCUT2D eigenvalue weighted by molar-refractivity contribution is 0.408. The van der Waals surface area contributed by atoms with E-state index in [0.29, 0.717) is 5.92 Å². The normalized spacial score (nSPS) is 32.6. The van der Waals surface area contributed by atoms with Crippen molar-refractivity contribution in [2.24, 2.45) is 29.6 Å². The molecule has 9 unspecified atom stereocenters. The Bertz CT molecular complexity index is 1580. The topological polar surface area (TPSA) is 9.23 Å². The van der Waals surface area contributed by atoms with Crippen molar-refractivity contribution < 1.29 is 4.74 Å². The molecular formula is C45H60OP2. The van der Waals surface area contributed by atoms with Crippen LogP contribution in [0.1, 0.15) is 117 Å². The second-order valence-electron chi connectivity index (χ2n) is 17.1. The number of hydrogen-bond acceptors (Lipinski definition) is 1. The van der Waals surface area contributed by atoms with E-state index in [1.807, 2.05) is 7.11 Å². The van der Waals surface area contributed by atoms with Crippen molar-refractivity contribution in [3.63, 3.8) is 0 Å². The second kappa shape index (κ2) is 13.5. The van der Waals surface area contributed by atoms with E-state index in [1.165, 1.54) is 57.7 Å². The smallest absolute Gasteiger partial charge is 0.124 e. The van der Waals surface area contributed by atoms with Crippen molar-refractivity contribution in [2.45, 2.75) is 135 Å². The van der Waals surface area contributed by atoms with Crippen molar-refractivity contribution in [3.05, 3.63) is 81.9 Å². The number of hydrogen-bond donors (Lipinski definition) is 0. The summed E-state index contributed by atoms with van der Waals surface area (Å²) in [5.41, 5.74) is 11.5. The van der Waals surface area contributed by atoms with Crippen molar-refractivity contribution in [3.8, 4) is 5.75 Å². The highest BCUT2D eigenvalue weighted by atomic mass is 31.1. The second-order valence-corrected chi connectivity index (χ2v) is 22.3. The average Bonchev–Trinajstić information content (AvgIpc) is 3.92. The predicted octanol–water partition coefficient (Wildman–Crippen LogP) is 11.1. The molecule has 1 nitrogen and oxygen atoms in total. The summed E-state index contributed by atoms with van der Waals surface area (Å²) in [5.74, 6) is 6.84. The Balaban J connectivity index is 1.20. The van der Waals surface area contributed by atoms with E-state index in [9.17, 15) is 0 Å². The zero-order chi connectivity index (χ0) is 33.3. The summed E-state index contributed by atoms with van der Waals surface area (Å²) in [6.45, 7) is 14.2. The Kier molecular flexibility index (Phi) is 9.38. The highest BCUT2D eigenvalue weighted by Gasteiger charge is 2.53. The fourth-order valence-corrected chi connectivity index (χ4v) is 20.1. The van der Waals surface area contributed by atoms with Gasteiger partial charge in [-0.2, -0.15) is 0 Å². The molecule has 8 rings (SSSR count). The first kappa shape index (κ1) is 33.5. The summed E-state index contributed by atoms with van der Waals surface area (Å²) in [6.07, 6.45) is 16.8. The van der Waals surface area contributed by atoms with Gasteiger partial charge in [0.1, 0.15) is 5.75 Å². The Hall–Kier alpha value is -1.68. The molecule has 0 N–H and O–H groups in total. The molecule has 3 aromatic carbocycles. The Morgan fingerprint density at radius 3 is 1.75 bits per heavy atom. The fourth-order valence-electron chi connectivity index (χ4n) is 12.1. The van der Waals surface area contributed by atoms with Gasteiger partial charge < -0.3 is 4.74 Å². The van der Waals surface area contributed by atoms with Gasteiger partial charge in [0.15, 0.2) is 0 Å². The number of methoxy groups -OCH3 is 1. The van der Waals surface area contributed by atoms with Crippen molar-refractivity contribution >= 4 is 31.8 Å². The van der Waals surface area contributed by atoms with E-state index < -0.39 is 7.92 Å². The summed E-state index contributed by atoms with van der Waals surface area (Å²) in [5, 5.41) is 4.60. The lowest BCUT2D eigenvalue weighted by Gasteiger charge is -2.45. The molecular weight excluding hydrogens is 618 g/mol. The maximum atomic E-state index is 5.87. The van der Waals surface area contributed by atoms with Crippen LogP contribution in [0, 0.1) is 64.2 Å². The summed E-state index contributed by atoms with van der Waals surface area (Å²) in [7, 11) is 1.19. The molecule has 0 radical (unpaired) electrons. The van der Waals surface area contributed by atoms with Crippen molar-refractivity contribution in [1.29, 1.82) is 0 Å². The largest absolute Gasteiger partial charge is 0.496 e. The fraction of sp³-hybridized carbons (Fsp3) is 0.600. The Morgan fingerprint density at radius 2 is 1.23 bits per heavy atom. The average molecular weight is 679 g/mol. The van der Waals surface area contributed by atoms with Crippen LogP contribution < -0.4 is 20.7 Å². The molecule has 3 heteroatoms. The molecule has 5 aliphatic rings. The number of ether oxygens (including phenoxy) is 1. The Labute approximate surface area is 294 Å². The van der Waals surface area contributed by atoms with E-state index in [-0.39, 0.29) is 7.92 Å². The summed E-state index contributed by atoms with van der Waals surface area (Å²) in [4.78, 5) is 0. The molecule has 0 aromatic heterocycles. The molecule has 256 valence electrons. The molecule has 10 atom stereocenters. The number of fused-ring (bicyclic) bond motifs is 4. The van der Waals surface area contributed by atoms with Crippen LogP contribution in [-0.2, 0) is 0 Å². The van der Waals surface area contributed by atoms with E-state index in [0.717, 1.165) is 52.3 Å². The van der Waals surface area contributed by atoms with Crippen LogP contribution in [0.5, 0.6) is 5.75 Å². The molecule has 5 saturated carbocycles. The first-order chi connectivity index (χ1) is 23.2. The number of rotatable bonds is 9. The third-order valence-corrected chi connectivity index (χ3v) is 21.0. The van der Waals surface area contributed by atoms with Gasteiger partial charge >= 0.3 is 0 Å². The van der Waals surface area contributed by atoms with Gasteiger partial charge in [0.2, 0.25) is 0 Å². The lowest BCUT2D eigenvalue weighted by atomic mass is 9.87. The number of aryl methyl sites for hydroxylation is 4. The first-order valence-corrected chi connectivity index (χ1v) is 22.5. The van der Waals surface area contributed by atoms with Crippen LogP contribution >= 0.6 is 15.8 Å². The van der Waals surface area contributed by atoms with Crippen molar-refractivity contribution in [1.82, 2.24) is 0 Å². The van der Waals surface area contributed by atoms with Gasteiger partial charge in [-0.25, -0.2) is 0 Å². The SMILES string of the molecule is COc1c(C)cc(P(c2cc(C)c(C)c(C)c2)c2ccccc2C2CCCC2[C@@H](C)P(C2CC3CCC2C3)C2CC3CCC2C3)cc1C. The first-order valence-electron chi connectivity index (χ1n) is 19.6. The minimum absolute atomic E-state index is 0.0706. The number of benzene rings is 3. The standard InChI is InChI=1S/C45H60OP2/c1-27-19-37(20-28(2)31(27)5)48(38-21-29(3)45(46-7)30(4)22-38)42-14-9-8-11-41(42)40-13-10-12-39(40)32(6)47(43-25-33-15-17-35(43)23-33)44-26-34-16-18-36(44)24-34/h8-9,11,14,19-22,32-36,39-40,43-44H,10,12-13,15-18,23-26H2,1-7H3/t32-,33?,34?,35?,36?,39?,40?,43?,44?,47?,48?/m1/s1. The molecule has 3 aromatic rings.